The topological polar surface area (TPSA) is 315 Å². The van der Waals surface area contributed by atoms with Gasteiger partial charge in [-0.3, -0.25) is 18.5 Å². The summed E-state index contributed by atoms with van der Waals surface area (Å²) in [5.74, 6) is 0.932. The Balaban J connectivity index is 0.000000188. The standard InChI is InChI=1S/C34H35N5O6.C22H29N6O8P/c1-21(40)27-28-33(2,45-32(42-4)44-28)31(43-27)39-20-37-26-29(35-19-36-30(26)39)38-34(22-11-7-5-8-12-22,23-13-9-6-10-14-23)24-15-17-25(41-3)18-16-24;1-12(20(30)33-4)27-37(32,36-14-8-6-5-7-9-14)35-13(2)16-17(29)22(3,31)21(34-16)28-11-26-15-18(23)24-10-25-19(15)28/h5-21,27-28,31-32,40H,1-4H3,(H,35,36,38);5-13,16-17,21,29,31H,1-4H3,(H,27,32)(H2,23,24,25)/t21-,27?,28+,31+,32?,33+;12-,13-,16?,17+,21+,22+,37?/m00/s1. The highest BCUT2D eigenvalue weighted by molar-refractivity contribution is 7.52. The lowest BCUT2D eigenvalue weighted by molar-refractivity contribution is -0.271. The molecule has 4 unspecified atom stereocenters. The molecule has 3 aliphatic heterocycles. The van der Waals surface area contributed by atoms with Crippen LogP contribution in [0.3, 0.4) is 0 Å². The number of esters is 1. The quantitative estimate of drug-likeness (QED) is 0.0337. The van der Waals surface area contributed by atoms with E-state index >= 15 is 0 Å². The summed E-state index contributed by atoms with van der Waals surface area (Å²) in [6, 6.07) is 35.6. The monoisotopic (exact) mass is 1150 g/mol. The first-order chi connectivity index (χ1) is 39.3. The van der Waals surface area contributed by atoms with Crippen LogP contribution in [0.5, 0.6) is 11.5 Å². The number of imidazole rings is 2. The van der Waals surface area contributed by atoms with Gasteiger partial charge in [0.25, 0.3) is 6.48 Å². The van der Waals surface area contributed by atoms with Crippen molar-refractivity contribution >= 4 is 47.7 Å². The summed E-state index contributed by atoms with van der Waals surface area (Å²) >= 11 is 0. The number of anilines is 2. The number of aliphatic hydroxyl groups excluding tert-OH is 2. The van der Waals surface area contributed by atoms with E-state index in [9.17, 15) is 24.7 Å². The third-order valence-corrected chi connectivity index (χ3v) is 16.5. The van der Waals surface area contributed by atoms with E-state index < -0.39 is 92.1 Å². The van der Waals surface area contributed by atoms with Crippen molar-refractivity contribution in [3.63, 3.8) is 0 Å². The number of aromatic nitrogens is 8. The van der Waals surface area contributed by atoms with Gasteiger partial charge in [-0.25, -0.2) is 34.5 Å². The van der Waals surface area contributed by atoms with Crippen molar-refractivity contribution in [1.82, 2.24) is 44.1 Å². The van der Waals surface area contributed by atoms with Crippen molar-refractivity contribution in [1.29, 1.82) is 0 Å². The van der Waals surface area contributed by atoms with Gasteiger partial charge in [0.15, 0.2) is 40.9 Å². The first-order valence-corrected chi connectivity index (χ1v) is 27.7. The van der Waals surface area contributed by atoms with Crippen LogP contribution in [0.1, 0.15) is 63.8 Å². The molecule has 4 aromatic carbocycles. The second-order valence-corrected chi connectivity index (χ2v) is 21.9. The van der Waals surface area contributed by atoms with Crippen LogP contribution >= 0.6 is 7.75 Å². The molecular weight excluding hydrogens is 1080 g/mol. The molecule has 7 N–H and O–H groups in total. The van der Waals surface area contributed by atoms with Crippen molar-refractivity contribution in [3.8, 4) is 11.5 Å². The molecule has 82 heavy (non-hydrogen) atoms. The van der Waals surface area contributed by atoms with Crippen LogP contribution in [0.15, 0.2) is 141 Å². The molecule has 0 saturated carbocycles. The average molecular weight is 1150 g/mol. The van der Waals surface area contributed by atoms with Crippen LogP contribution in [0.25, 0.3) is 22.3 Å². The maximum Gasteiger partial charge on any atom is 0.459 e. The summed E-state index contributed by atoms with van der Waals surface area (Å²) in [6.07, 6.45) is -1.95. The minimum Gasteiger partial charge on any atom is -0.497 e. The Kier molecular flexibility index (Phi) is 16.5. The van der Waals surface area contributed by atoms with E-state index in [1.165, 1.54) is 58.5 Å². The normalized spacial score (nSPS) is 26.0. The van der Waals surface area contributed by atoms with E-state index in [1.54, 1.807) is 55.3 Å². The number of nitrogen functional groups attached to an aromatic ring is 1. The van der Waals surface area contributed by atoms with Gasteiger partial charge in [0, 0.05) is 7.11 Å². The van der Waals surface area contributed by atoms with Crippen molar-refractivity contribution < 1.29 is 66.9 Å². The predicted octanol–water partition coefficient (Wildman–Crippen LogP) is 5.78. The largest absolute Gasteiger partial charge is 0.497 e. The molecule has 0 radical (unpaired) electrons. The summed E-state index contributed by atoms with van der Waals surface area (Å²) in [7, 11) is 0.107. The van der Waals surface area contributed by atoms with E-state index in [-0.39, 0.29) is 17.2 Å². The van der Waals surface area contributed by atoms with Gasteiger partial charge in [-0.05, 0) is 75.6 Å². The van der Waals surface area contributed by atoms with Gasteiger partial charge in [0.1, 0.15) is 76.9 Å². The fraction of sp³-hybridized carbons (Fsp3) is 0.375. The molecule has 4 aromatic heterocycles. The minimum atomic E-state index is -4.25. The van der Waals surface area contributed by atoms with Crippen LogP contribution in [0.2, 0.25) is 0 Å². The van der Waals surface area contributed by atoms with Gasteiger partial charge in [0.2, 0.25) is 0 Å². The highest BCUT2D eigenvalue weighted by Gasteiger charge is 2.64. The van der Waals surface area contributed by atoms with Gasteiger partial charge in [0.05, 0.1) is 39.1 Å². The number of para-hydroxylation sites is 1. The van der Waals surface area contributed by atoms with Gasteiger partial charge in [-0.2, -0.15) is 5.09 Å². The molecule has 0 spiro atoms. The lowest BCUT2D eigenvalue weighted by atomic mass is 9.77. The number of hydrogen-bond donors (Lipinski definition) is 6. The zero-order valence-electron chi connectivity index (χ0n) is 46.0. The summed E-state index contributed by atoms with van der Waals surface area (Å²) < 4.78 is 68.5. The van der Waals surface area contributed by atoms with E-state index in [0.717, 1.165) is 22.4 Å². The van der Waals surface area contributed by atoms with E-state index in [2.05, 4.69) is 66.7 Å². The molecule has 0 amide bonds. The zero-order valence-corrected chi connectivity index (χ0v) is 46.9. The Morgan fingerprint density at radius 1 is 0.732 bits per heavy atom. The second kappa shape index (κ2) is 23.4. The SMILES string of the molecule is COC(=O)[C@H](C)NP(=O)(Oc1ccccc1)O[C@@H](C)C1O[C@@H](n2cnc3c(N)ncnc32)[C@](C)(O)[C@@H]1O.COc1ccc(C(Nc2ncnc3c2ncn3[C@@H]2OC([C@H](C)O)[C@H]3OC(OC)O[C@]32C)(c2ccccc2)c2ccccc2)cc1. The molecule has 3 aliphatic rings. The number of fused-ring (bicyclic) bond motifs is 3. The number of nitrogens with zero attached hydrogens (tertiary/aromatic N) is 8. The smallest absolute Gasteiger partial charge is 0.459 e. The number of carbonyl (C=O) groups is 1. The summed E-state index contributed by atoms with van der Waals surface area (Å²) in [4.78, 5) is 38.4. The zero-order chi connectivity index (χ0) is 58.1. The highest BCUT2D eigenvalue weighted by Crippen LogP contribution is 2.52. The fourth-order valence-electron chi connectivity index (χ4n) is 10.6. The van der Waals surface area contributed by atoms with Crippen LogP contribution in [-0.4, -0.2) is 142 Å². The molecular formula is C56H64N11O14P. The highest BCUT2D eigenvalue weighted by atomic mass is 31.2. The van der Waals surface area contributed by atoms with E-state index in [1.807, 2.05) is 55.5 Å². The maximum absolute atomic E-state index is 13.8. The number of rotatable bonds is 18. The van der Waals surface area contributed by atoms with Gasteiger partial charge < -0.3 is 64.1 Å². The third-order valence-electron chi connectivity index (χ3n) is 14.7. The predicted molar refractivity (Wildman–Crippen MR) is 296 cm³/mol. The van der Waals surface area contributed by atoms with Gasteiger partial charge in [-0.15, -0.1) is 0 Å². The fourth-order valence-corrected chi connectivity index (χ4v) is 12.3. The number of aliphatic hydroxyl groups is 3. The number of methoxy groups -OCH3 is 3. The number of hydrogen-bond acceptors (Lipinski definition) is 22. The molecule has 25 nitrogen and oxygen atoms in total. The van der Waals surface area contributed by atoms with Gasteiger partial charge in [-0.1, -0.05) is 91.0 Å². The van der Waals surface area contributed by atoms with Gasteiger partial charge >= 0.3 is 13.7 Å². The van der Waals surface area contributed by atoms with Crippen molar-refractivity contribution in [2.45, 2.75) is 113 Å². The van der Waals surface area contributed by atoms with Crippen molar-refractivity contribution in [3.05, 3.63) is 157 Å². The number of nitrogens with one attached hydrogen (secondary N) is 2. The first-order valence-electron chi connectivity index (χ1n) is 26.1. The Morgan fingerprint density at radius 3 is 1.89 bits per heavy atom. The number of carbonyl (C=O) groups excluding carboxylic acids is 1. The number of benzene rings is 4. The molecule has 26 heteroatoms. The second-order valence-electron chi connectivity index (χ2n) is 20.3. The molecule has 3 fully saturated rings. The number of nitrogens with two attached hydrogens (primary N) is 1. The third kappa shape index (κ3) is 10.8. The maximum atomic E-state index is 13.8. The van der Waals surface area contributed by atoms with Crippen molar-refractivity contribution in [2.75, 3.05) is 32.4 Å². The molecule has 8 aromatic rings. The first kappa shape index (κ1) is 57.7. The Bertz CT molecular complexity index is 3490. The van der Waals surface area contributed by atoms with E-state index in [4.69, 9.17) is 57.9 Å². The van der Waals surface area contributed by atoms with Crippen LogP contribution in [0, 0.1) is 0 Å². The Labute approximate surface area is 471 Å². The molecule has 13 atom stereocenters. The molecule has 3 saturated heterocycles. The molecule has 11 rings (SSSR count). The summed E-state index contributed by atoms with van der Waals surface area (Å²) in [6.45, 7) is 6.96. The molecule has 7 heterocycles. The van der Waals surface area contributed by atoms with Crippen LogP contribution in [0.4, 0.5) is 11.6 Å². The summed E-state index contributed by atoms with van der Waals surface area (Å²) in [5, 5.41) is 39.1. The summed E-state index contributed by atoms with van der Waals surface area (Å²) in [5.41, 5.74) is 6.78. The minimum absolute atomic E-state index is 0.139. The Hall–Kier alpha value is -7.52. The average Bonchev–Trinajstić information content (AvgIpc) is 2.47. The lowest BCUT2D eigenvalue weighted by Crippen LogP contribution is -2.46. The molecule has 432 valence electrons. The lowest BCUT2D eigenvalue weighted by Gasteiger charge is -2.37. The van der Waals surface area contributed by atoms with Crippen LogP contribution < -0.4 is 25.4 Å². The van der Waals surface area contributed by atoms with Crippen LogP contribution in [-0.2, 0) is 47.8 Å². The van der Waals surface area contributed by atoms with E-state index in [0.29, 0.717) is 22.5 Å². The Morgan fingerprint density at radius 2 is 1.29 bits per heavy atom. The number of ether oxygens (including phenoxy) is 7. The van der Waals surface area contributed by atoms with Crippen molar-refractivity contribution in [2.24, 2.45) is 0 Å². The molecule has 0 bridgehead atoms. The molecule has 0 aliphatic carbocycles.